The first kappa shape index (κ1) is 36.0. The highest BCUT2D eigenvalue weighted by Gasteiger charge is 2.37. The second kappa shape index (κ2) is 19.9. The predicted molar refractivity (Wildman–Crippen MR) is 174 cm³/mol. The van der Waals surface area contributed by atoms with Gasteiger partial charge in [0.05, 0.1) is 12.7 Å². The first-order chi connectivity index (χ1) is 20.7. The molecule has 1 aromatic carbocycles. The molecule has 1 aromatic rings. The van der Waals surface area contributed by atoms with Gasteiger partial charge in [0.1, 0.15) is 23.7 Å². The van der Waals surface area contributed by atoms with Gasteiger partial charge in [0.2, 0.25) is 0 Å². The molecular formula is C37H54O6. The molecule has 0 bridgehead atoms. The van der Waals surface area contributed by atoms with E-state index < -0.39 is 5.60 Å². The van der Waals surface area contributed by atoms with E-state index in [0.717, 1.165) is 55.9 Å². The first-order valence-electron chi connectivity index (χ1n) is 16.2. The minimum atomic E-state index is -0.741. The van der Waals surface area contributed by atoms with Crippen LogP contribution >= 0.6 is 0 Å². The monoisotopic (exact) mass is 594 g/mol. The third kappa shape index (κ3) is 13.4. The van der Waals surface area contributed by atoms with Crippen molar-refractivity contribution in [3.05, 3.63) is 58.7 Å². The van der Waals surface area contributed by atoms with Gasteiger partial charge >= 0.3 is 5.97 Å². The van der Waals surface area contributed by atoms with Crippen molar-refractivity contribution in [3.8, 4) is 11.5 Å². The van der Waals surface area contributed by atoms with Crippen molar-refractivity contribution >= 4 is 18.0 Å². The van der Waals surface area contributed by atoms with Gasteiger partial charge in [0.25, 0.3) is 0 Å². The number of unbranched alkanes of at least 4 members (excludes halogenated alkanes) is 8. The van der Waals surface area contributed by atoms with Crippen LogP contribution in [0, 0.1) is 0 Å². The van der Waals surface area contributed by atoms with Crippen LogP contribution in [0.2, 0.25) is 0 Å². The maximum absolute atomic E-state index is 12.5. The number of rotatable bonds is 21. The van der Waals surface area contributed by atoms with Gasteiger partial charge < -0.3 is 14.2 Å². The highest BCUT2D eigenvalue weighted by molar-refractivity contribution is 5.91. The Balaban J connectivity index is 1.78. The maximum atomic E-state index is 12.5. The molecule has 0 N–H and O–H groups in total. The molecule has 1 heterocycles. The number of fused-ring (bicyclic) bond motifs is 1. The van der Waals surface area contributed by atoms with E-state index in [4.69, 9.17) is 14.2 Å². The summed E-state index contributed by atoms with van der Waals surface area (Å²) in [4.78, 5) is 37.2. The van der Waals surface area contributed by atoms with Gasteiger partial charge in [-0.1, -0.05) is 68.9 Å². The number of hydrogen-bond acceptors (Lipinski definition) is 6. The zero-order valence-corrected chi connectivity index (χ0v) is 27.3. The third-order valence-electron chi connectivity index (χ3n) is 7.78. The highest BCUT2D eigenvalue weighted by atomic mass is 16.5. The summed E-state index contributed by atoms with van der Waals surface area (Å²) < 4.78 is 17.5. The van der Waals surface area contributed by atoms with Crippen molar-refractivity contribution in [3.63, 3.8) is 0 Å². The van der Waals surface area contributed by atoms with Crippen LogP contribution in [0.5, 0.6) is 11.5 Å². The predicted octanol–water partition coefficient (Wildman–Crippen LogP) is 9.37. The summed E-state index contributed by atoms with van der Waals surface area (Å²) in [6, 6.07) is 1.76. The van der Waals surface area contributed by atoms with E-state index in [0.29, 0.717) is 41.9 Å². The van der Waals surface area contributed by atoms with Crippen molar-refractivity contribution < 1.29 is 28.6 Å². The molecule has 0 saturated carbocycles. The fraction of sp³-hybridized carbons (Fsp3) is 0.595. The Labute approximate surface area is 259 Å². The Kier molecular flexibility index (Phi) is 16.7. The largest absolute Gasteiger partial charge is 0.496 e. The quantitative estimate of drug-likeness (QED) is 0.0464. The van der Waals surface area contributed by atoms with Gasteiger partial charge in [-0.2, -0.15) is 0 Å². The molecule has 238 valence electrons. The molecule has 6 heteroatoms. The summed E-state index contributed by atoms with van der Waals surface area (Å²) in [5.41, 5.74) is 1.89. The zero-order chi connectivity index (χ0) is 31.5. The fourth-order valence-electron chi connectivity index (χ4n) is 5.39. The highest BCUT2D eigenvalue weighted by Crippen LogP contribution is 2.43. The topological polar surface area (TPSA) is 78.9 Å². The summed E-state index contributed by atoms with van der Waals surface area (Å²) in [6.45, 7) is 7.86. The van der Waals surface area contributed by atoms with Crippen molar-refractivity contribution in [1.82, 2.24) is 0 Å². The lowest BCUT2D eigenvalue weighted by Crippen LogP contribution is -2.39. The molecule has 0 aromatic heterocycles. The maximum Gasteiger partial charge on any atom is 0.306 e. The molecule has 0 saturated heterocycles. The standard InChI is InChI=1S/C37H54O6/c1-6-7-8-9-10-11-12-13-14-15-16-17-18-19-20-21-35(40)42-28-30-25-34(41-5)32-22-23-37(4,26-31(39)24-29(2)3)43-36(32)33(30)27-38/h10-11,13-14,24-25,27H,6-9,12,15-23,26,28H2,1-5H3. The van der Waals surface area contributed by atoms with Crippen molar-refractivity contribution in [2.45, 2.75) is 136 Å². The molecule has 0 spiro atoms. The molecule has 0 radical (unpaired) electrons. The van der Waals surface area contributed by atoms with Crippen LogP contribution in [-0.4, -0.2) is 30.7 Å². The van der Waals surface area contributed by atoms with E-state index >= 15 is 0 Å². The minimum Gasteiger partial charge on any atom is -0.496 e. The minimum absolute atomic E-state index is 0.0102. The molecule has 1 atom stereocenters. The van der Waals surface area contributed by atoms with Gasteiger partial charge in [-0.05, 0) is 84.3 Å². The van der Waals surface area contributed by atoms with E-state index in [2.05, 4.69) is 31.2 Å². The van der Waals surface area contributed by atoms with Crippen LogP contribution in [-0.2, 0) is 27.4 Å². The number of ether oxygens (including phenoxy) is 3. The number of carbonyl (C=O) groups is 3. The van der Waals surface area contributed by atoms with Crippen LogP contribution in [0.25, 0.3) is 0 Å². The number of ketones is 1. The van der Waals surface area contributed by atoms with Gasteiger partial charge in [-0.3, -0.25) is 14.4 Å². The lowest BCUT2D eigenvalue weighted by atomic mass is 9.86. The number of benzene rings is 1. The molecule has 0 aliphatic carbocycles. The van der Waals surface area contributed by atoms with Gasteiger partial charge in [0.15, 0.2) is 12.1 Å². The summed E-state index contributed by atoms with van der Waals surface area (Å²) in [5, 5.41) is 0. The van der Waals surface area contributed by atoms with E-state index in [1.807, 2.05) is 20.8 Å². The Bertz CT molecular complexity index is 1120. The van der Waals surface area contributed by atoms with Crippen LogP contribution in [0.3, 0.4) is 0 Å². The Morgan fingerprint density at radius 2 is 1.65 bits per heavy atom. The zero-order valence-electron chi connectivity index (χ0n) is 27.3. The Hall–Kier alpha value is -3.15. The lowest BCUT2D eigenvalue weighted by Gasteiger charge is -2.37. The van der Waals surface area contributed by atoms with Crippen LogP contribution in [0.4, 0.5) is 0 Å². The van der Waals surface area contributed by atoms with Crippen molar-refractivity contribution in [2.24, 2.45) is 0 Å². The van der Waals surface area contributed by atoms with E-state index in [1.165, 1.54) is 32.1 Å². The number of allylic oxidation sites excluding steroid dienone is 6. The molecule has 6 nitrogen and oxygen atoms in total. The van der Waals surface area contributed by atoms with Crippen LogP contribution < -0.4 is 9.47 Å². The summed E-state index contributed by atoms with van der Waals surface area (Å²) in [7, 11) is 1.57. The lowest BCUT2D eigenvalue weighted by molar-refractivity contribution is -0.145. The molecule has 1 aliphatic heterocycles. The van der Waals surface area contributed by atoms with Gasteiger partial charge in [-0.15, -0.1) is 0 Å². The van der Waals surface area contributed by atoms with E-state index in [-0.39, 0.29) is 24.8 Å². The normalized spacial score (nSPS) is 16.1. The number of hydrogen-bond donors (Lipinski definition) is 0. The van der Waals surface area contributed by atoms with E-state index in [9.17, 15) is 14.4 Å². The SMILES string of the molecule is CCCCCC=CCC=CCCCCCCCC(=O)OCc1cc(OC)c2c(c1C=O)OC(C)(CC(=O)C=C(C)C)CC2. The number of methoxy groups -OCH3 is 1. The van der Waals surface area contributed by atoms with Crippen LogP contribution in [0.15, 0.2) is 42.0 Å². The van der Waals surface area contributed by atoms with Gasteiger partial charge in [0, 0.05) is 24.0 Å². The molecule has 2 rings (SSSR count). The van der Waals surface area contributed by atoms with Crippen molar-refractivity contribution in [2.75, 3.05) is 7.11 Å². The number of esters is 1. The summed E-state index contributed by atoms with van der Waals surface area (Å²) >= 11 is 0. The van der Waals surface area contributed by atoms with E-state index in [1.54, 1.807) is 19.3 Å². The van der Waals surface area contributed by atoms with Crippen molar-refractivity contribution in [1.29, 1.82) is 0 Å². The second-order valence-electron chi connectivity index (χ2n) is 12.1. The average Bonchev–Trinajstić information content (AvgIpc) is 2.96. The smallest absolute Gasteiger partial charge is 0.306 e. The number of aldehydes is 1. The molecule has 0 amide bonds. The van der Waals surface area contributed by atoms with Crippen LogP contribution in [0.1, 0.15) is 139 Å². The summed E-state index contributed by atoms with van der Waals surface area (Å²) in [5.74, 6) is 0.729. The Morgan fingerprint density at radius 1 is 0.977 bits per heavy atom. The molecular weight excluding hydrogens is 540 g/mol. The third-order valence-corrected chi connectivity index (χ3v) is 7.78. The average molecular weight is 595 g/mol. The number of carbonyl (C=O) groups excluding carboxylic acids is 3. The fourth-order valence-corrected chi connectivity index (χ4v) is 5.39. The second-order valence-corrected chi connectivity index (χ2v) is 12.1. The van der Waals surface area contributed by atoms with Gasteiger partial charge in [-0.25, -0.2) is 0 Å². The molecule has 43 heavy (non-hydrogen) atoms. The first-order valence-corrected chi connectivity index (χ1v) is 16.2. The summed E-state index contributed by atoms with van der Waals surface area (Å²) in [6.07, 6.45) is 25.6. The Morgan fingerprint density at radius 3 is 2.30 bits per heavy atom. The molecule has 0 fully saturated rings. The molecule has 1 aliphatic rings. The molecule has 1 unspecified atom stereocenters.